The van der Waals surface area contributed by atoms with E-state index in [1.54, 1.807) is 0 Å². The number of hydrogen-bond donors (Lipinski definition) is 1. The molecule has 0 heterocycles. The molecule has 0 radical (unpaired) electrons. The average molecular weight is 445 g/mol. The molecule has 1 aromatic rings. The lowest BCUT2D eigenvalue weighted by Gasteiger charge is -2.40. The fourth-order valence-corrected chi connectivity index (χ4v) is 4.59. The number of benzene rings is 1. The van der Waals surface area contributed by atoms with Gasteiger partial charge >= 0.3 is 6.09 Å². The van der Waals surface area contributed by atoms with E-state index in [2.05, 4.69) is 17.4 Å². The van der Waals surface area contributed by atoms with Gasteiger partial charge in [0, 0.05) is 19.7 Å². The van der Waals surface area contributed by atoms with Gasteiger partial charge in [-0.2, -0.15) is 0 Å². The largest absolute Gasteiger partial charge is 0.444 e. The highest BCUT2D eigenvalue weighted by molar-refractivity contribution is 5.86. The van der Waals surface area contributed by atoms with Gasteiger partial charge in [-0.1, -0.05) is 30.3 Å². The minimum absolute atomic E-state index is 0.0179. The molecule has 0 aromatic heterocycles. The zero-order chi connectivity index (χ0) is 23.1. The van der Waals surface area contributed by atoms with Gasteiger partial charge in [-0.3, -0.25) is 4.79 Å². The third kappa shape index (κ3) is 7.22. The van der Waals surface area contributed by atoms with Crippen molar-refractivity contribution in [1.82, 2.24) is 10.2 Å². The molecule has 0 bridgehead atoms. The molecule has 2 saturated carbocycles. The van der Waals surface area contributed by atoms with Crippen LogP contribution in [0.3, 0.4) is 0 Å². The Bertz CT molecular complexity index is 734. The number of amides is 2. The van der Waals surface area contributed by atoms with Gasteiger partial charge < -0.3 is 19.7 Å². The van der Waals surface area contributed by atoms with Crippen LogP contribution in [0.2, 0.25) is 0 Å². The Morgan fingerprint density at radius 3 is 2.28 bits per heavy atom. The molecule has 2 aliphatic carbocycles. The monoisotopic (exact) mass is 444 g/mol. The van der Waals surface area contributed by atoms with Crippen molar-refractivity contribution in [2.45, 2.75) is 90.0 Å². The second-order valence-corrected chi connectivity index (χ2v) is 10.4. The highest BCUT2D eigenvalue weighted by atomic mass is 16.6. The molecule has 3 rings (SSSR count). The lowest BCUT2D eigenvalue weighted by atomic mass is 9.78. The first-order valence-corrected chi connectivity index (χ1v) is 12.1. The summed E-state index contributed by atoms with van der Waals surface area (Å²) in [6.07, 6.45) is 6.58. The van der Waals surface area contributed by atoms with Crippen LogP contribution in [-0.2, 0) is 20.9 Å². The zero-order valence-electron chi connectivity index (χ0n) is 20.1. The van der Waals surface area contributed by atoms with Crippen LogP contribution in [0.4, 0.5) is 4.79 Å². The van der Waals surface area contributed by atoms with E-state index in [4.69, 9.17) is 9.47 Å². The first-order valence-electron chi connectivity index (χ1n) is 12.1. The van der Waals surface area contributed by atoms with E-state index in [9.17, 15) is 9.59 Å². The van der Waals surface area contributed by atoms with Gasteiger partial charge in [-0.15, -0.1) is 0 Å². The van der Waals surface area contributed by atoms with Crippen molar-refractivity contribution in [1.29, 1.82) is 0 Å². The predicted octanol–water partition coefficient (Wildman–Crippen LogP) is 4.91. The number of alkyl carbamates (subject to hydrolysis) is 1. The van der Waals surface area contributed by atoms with Gasteiger partial charge in [0.15, 0.2) is 0 Å². The summed E-state index contributed by atoms with van der Waals surface area (Å²) in [4.78, 5) is 27.7. The molecule has 1 atom stereocenters. The van der Waals surface area contributed by atoms with E-state index >= 15 is 0 Å². The maximum absolute atomic E-state index is 13.3. The molecule has 2 aliphatic rings. The molecule has 1 N–H and O–H groups in total. The standard InChI is InChI=1S/C26H40N2O4/c1-26(2,3)32-25(30)27-23(24(29)28(4)22-11-8-12-22)21-15-13-20(14-16-21)18-31-17-19-9-6-5-7-10-19/h5-7,9-10,20-23H,8,11-18H2,1-4H3,(H,27,30)/t20?,21?,23-/m0/s1. The molecule has 0 unspecified atom stereocenters. The number of nitrogens with zero attached hydrogens (tertiary/aromatic N) is 1. The van der Waals surface area contributed by atoms with Crippen LogP contribution in [0, 0.1) is 11.8 Å². The van der Waals surface area contributed by atoms with Gasteiger partial charge in [0.25, 0.3) is 0 Å². The summed E-state index contributed by atoms with van der Waals surface area (Å²) in [5, 5.41) is 2.92. The number of likely N-dealkylation sites (N-methyl/N-ethyl adjacent to an activating group) is 1. The molecule has 6 heteroatoms. The van der Waals surface area contributed by atoms with E-state index in [0.29, 0.717) is 18.6 Å². The number of nitrogens with one attached hydrogen (secondary N) is 1. The second-order valence-electron chi connectivity index (χ2n) is 10.4. The Hall–Kier alpha value is -2.08. The van der Waals surface area contributed by atoms with Crippen molar-refractivity contribution in [2.75, 3.05) is 13.7 Å². The Labute approximate surface area is 193 Å². The van der Waals surface area contributed by atoms with Crippen LogP contribution in [0.25, 0.3) is 0 Å². The van der Waals surface area contributed by atoms with Crippen molar-refractivity contribution in [3.63, 3.8) is 0 Å². The van der Waals surface area contributed by atoms with Gasteiger partial charge in [0.05, 0.1) is 6.61 Å². The Kier molecular flexibility index (Phi) is 8.57. The number of carbonyl (C=O) groups excluding carboxylic acids is 2. The molecule has 32 heavy (non-hydrogen) atoms. The van der Waals surface area contributed by atoms with Crippen molar-refractivity contribution in [3.8, 4) is 0 Å². The lowest BCUT2D eigenvalue weighted by Crippen LogP contribution is -2.55. The van der Waals surface area contributed by atoms with Crippen LogP contribution >= 0.6 is 0 Å². The van der Waals surface area contributed by atoms with E-state index in [1.165, 1.54) is 12.0 Å². The van der Waals surface area contributed by atoms with Gasteiger partial charge in [-0.25, -0.2) is 4.79 Å². The van der Waals surface area contributed by atoms with Crippen molar-refractivity contribution in [3.05, 3.63) is 35.9 Å². The van der Waals surface area contributed by atoms with Gasteiger partial charge in [-0.05, 0) is 83.1 Å². The van der Waals surface area contributed by atoms with E-state index in [-0.39, 0.29) is 11.8 Å². The van der Waals surface area contributed by atoms with Crippen molar-refractivity contribution >= 4 is 12.0 Å². The molecule has 2 amide bonds. The molecule has 2 fully saturated rings. The third-order valence-corrected chi connectivity index (χ3v) is 6.74. The summed E-state index contributed by atoms with van der Waals surface area (Å²) in [5.74, 6) is 0.642. The smallest absolute Gasteiger partial charge is 0.408 e. The topological polar surface area (TPSA) is 67.9 Å². The van der Waals surface area contributed by atoms with E-state index in [0.717, 1.165) is 45.1 Å². The van der Waals surface area contributed by atoms with Crippen LogP contribution in [0.15, 0.2) is 30.3 Å². The summed E-state index contributed by atoms with van der Waals surface area (Å²) in [6, 6.07) is 9.99. The Morgan fingerprint density at radius 1 is 1.06 bits per heavy atom. The number of rotatable bonds is 8. The summed E-state index contributed by atoms with van der Waals surface area (Å²) in [6.45, 7) is 6.88. The van der Waals surface area contributed by atoms with E-state index in [1.807, 2.05) is 50.9 Å². The second kappa shape index (κ2) is 11.2. The summed E-state index contributed by atoms with van der Waals surface area (Å²) < 4.78 is 11.4. The molecular formula is C26H40N2O4. The summed E-state index contributed by atoms with van der Waals surface area (Å²) in [7, 11) is 1.87. The number of carbonyl (C=O) groups is 2. The fourth-order valence-electron chi connectivity index (χ4n) is 4.59. The summed E-state index contributed by atoms with van der Waals surface area (Å²) in [5.41, 5.74) is 0.595. The van der Waals surface area contributed by atoms with Crippen molar-refractivity contribution in [2.24, 2.45) is 11.8 Å². The average Bonchev–Trinajstić information content (AvgIpc) is 2.70. The Morgan fingerprint density at radius 2 is 1.72 bits per heavy atom. The first kappa shape index (κ1) is 24.6. The van der Waals surface area contributed by atoms with Crippen LogP contribution in [-0.4, -0.2) is 48.2 Å². The Balaban J connectivity index is 1.53. The highest BCUT2D eigenvalue weighted by Gasteiger charge is 2.38. The van der Waals surface area contributed by atoms with E-state index < -0.39 is 17.7 Å². The normalized spacial score (nSPS) is 22.5. The maximum atomic E-state index is 13.3. The minimum Gasteiger partial charge on any atom is -0.444 e. The summed E-state index contributed by atoms with van der Waals surface area (Å²) >= 11 is 0. The maximum Gasteiger partial charge on any atom is 0.408 e. The molecule has 0 saturated heterocycles. The van der Waals surface area contributed by atoms with Crippen molar-refractivity contribution < 1.29 is 19.1 Å². The third-order valence-electron chi connectivity index (χ3n) is 6.74. The highest BCUT2D eigenvalue weighted by Crippen LogP contribution is 2.33. The zero-order valence-corrected chi connectivity index (χ0v) is 20.1. The molecule has 0 spiro atoms. The SMILES string of the molecule is CN(C(=O)[C@@H](NC(=O)OC(C)(C)C)C1CCC(COCc2ccccc2)CC1)C1CCC1. The molecule has 6 nitrogen and oxygen atoms in total. The molecular weight excluding hydrogens is 404 g/mol. The predicted molar refractivity (Wildman–Crippen MR) is 125 cm³/mol. The molecule has 1 aromatic carbocycles. The van der Waals surface area contributed by atoms with Crippen LogP contribution in [0.5, 0.6) is 0 Å². The first-order chi connectivity index (χ1) is 15.2. The van der Waals surface area contributed by atoms with Crippen LogP contribution in [0.1, 0.15) is 71.3 Å². The lowest BCUT2D eigenvalue weighted by molar-refractivity contribution is -0.137. The number of ether oxygens (including phenoxy) is 2. The quantitative estimate of drug-likeness (QED) is 0.618. The van der Waals surface area contributed by atoms with Gasteiger partial charge in [0.1, 0.15) is 11.6 Å². The number of hydrogen-bond acceptors (Lipinski definition) is 4. The molecule has 0 aliphatic heterocycles. The van der Waals surface area contributed by atoms with Gasteiger partial charge in [0.2, 0.25) is 5.91 Å². The van der Waals surface area contributed by atoms with Crippen LogP contribution < -0.4 is 5.32 Å². The molecule has 178 valence electrons. The fraction of sp³-hybridized carbons (Fsp3) is 0.692. The minimum atomic E-state index is -0.592.